The molecule has 0 bridgehead atoms. The van der Waals surface area contributed by atoms with Gasteiger partial charge in [0.15, 0.2) is 9.84 Å². The van der Waals surface area contributed by atoms with E-state index in [4.69, 9.17) is 28.6 Å². The standard InChI is InChI=1S/C11H12ClNO3S2/c12-8-1-3-10(4-2-8)16-11(17)13-9-5-6-18(14,15)7-9/h1-4,9H,5-7H2,(H,13,17). The van der Waals surface area contributed by atoms with Crippen molar-refractivity contribution < 1.29 is 13.2 Å². The van der Waals surface area contributed by atoms with Gasteiger partial charge in [-0.3, -0.25) is 0 Å². The highest BCUT2D eigenvalue weighted by molar-refractivity contribution is 7.91. The van der Waals surface area contributed by atoms with Gasteiger partial charge in [-0.15, -0.1) is 0 Å². The highest BCUT2D eigenvalue weighted by Gasteiger charge is 2.28. The Bertz CT molecular complexity index is 542. The lowest BCUT2D eigenvalue weighted by molar-refractivity contribution is 0.510. The molecule has 1 fully saturated rings. The van der Waals surface area contributed by atoms with Crippen LogP contribution in [0, 0.1) is 0 Å². The van der Waals surface area contributed by atoms with Crippen molar-refractivity contribution in [2.75, 3.05) is 11.5 Å². The van der Waals surface area contributed by atoms with Crippen molar-refractivity contribution in [3.63, 3.8) is 0 Å². The maximum Gasteiger partial charge on any atom is 0.262 e. The Morgan fingerprint density at radius 2 is 2.06 bits per heavy atom. The van der Waals surface area contributed by atoms with Gasteiger partial charge < -0.3 is 10.1 Å². The van der Waals surface area contributed by atoms with Gasteiger partial charge in [0.2, 0.25) is 0 Å². The Labute approximate surface area is 116 Å². The number of halogens is 1. The second-order valence-corrected chi connectivity index (χ2v) is 7.12. The van der Waals surface area contributed by atoms with Crippen LogP contribution in [-0.2, 0) is 9.84 Å². The summed E-state index contributed by atoms with van der Waals surface area (Å²) < 4.78 is 27.9. The molecule has 7 heteroatoms. The summed E-state index contributed by atoms with van der Waals surface area (Å²) in [4.78, 5) is 0. The molecule has 0 saturated carbocycles. The second kappa shape index (κ2) is 5.42. The van der Waals surface area contributed by atoms with Crippen molar-refractivity contribution in [3.8, 4) is 5.75 Å². The Morgan fingerprint density at radius 3 is 2.61 bits per heavy atom. The Balaban J connectivity index is 1.88. The van der Waals surface area contributed by atoms with E-state index in [1.165, 1.54) is 0 Å². The molecule has 0 aromatic heterocycles. The summed E-state index contributed by atoms with van der Waals surface area (Å²) in [6, 6.07) is 6.62. The van der Waals surface area contributed by atoms with Gasteiger partial charge in [0.1, 0.15) is 5.75 Å². The van der Waals surface area contributed by atoms with Crippen molar-refractivity contribution in [1.29, 1.82) is 0 Å². The van der Waals surface area contributed by atoms with E-state index in [2.05, 4.69) is 5.32 Å². The van der Waals surface area contributed by atoms with E-state index >= 15 is 0 Å². The highest BCUT2D eigenvalue weighted by Crippen LogP contribution is 2.16. The molecule has 0 amide bonds. The average Bonchev–Trinajstić information content (AvgIpc) is 2.61. The van der Waals surface area contributed by atoms with Crippen LogP contribution in [0.15, 0.2) is 24.3 Å². The van der Waals surface area contributed by atoms with Crippen LogP contribution in [0.1, 0.15) is 6.42 Å². The maximum absolute atomic E-state index is 11.3. The van der Waals surface area contributed by atoms with Crippen LogP contribution in [0.2, 0.25) is 5.02 Å². The third kappa shape index (κ3) is 3.83. The van der Waals surface area contributed by atoms with Crippen molar-refractivity contribution in [1.82, 2.24) is 5.32 Å². The molecule has 1 unspecified atom stereocenters. The van der Waals surface area contributed by atoms with Crippen LogP contribution >= 0.6 is 23.8 Å². The normalized spacial score (nSPS) is 21.5. The van der Waals surface area contributed by atoms with Crippen LogP contribution in [0.5, 0.6) is 5.75 Å². The number of hydrogen-bond acceptors (Lipinski definition) is 4. The molecule has 1 saturated heterocycles. The van der Waals surface area contributed by atoms with Crippen LogP contribution in [0.4, 0.5) is 0 Å². The van der Waals surface area contributed by atoms with E-state index in [1.807, 2.05) is 0 Å². The second-order valence-electron chi connectivity index (χ2n) is 4.09. The Kier molecular flexibility index (Phi) is 4.09. The molecule has 0 radical (unpaired) electrons. The van der Waals surface area contributed by atoms with Crippen LogP contribution in [0.25, 0.3) is 0 Å². The first-order chi connectivity index (χ1) is 8.44. The number of thiocarbonyl (C=S) groups is 1. The fourth-order valence-corrected chi connectivity index (χ4v) is 3.78. The zero-order valence-electron chi connectivity index (χ0n) is 9.43. The summed E-state index contributed by atoms with van der Waals surface area (Å²) in [7, 11) is -2.91. The lowest BCUT2D eigenvalue weighted by Crippen LogP contribution is -2.37. The van der Waals surface area contributed by atoms with Gasteiger partial charge in [-0.1, -0.05) is 11.6 Å². The van der Waals surface area contributed by atoms with Gasteiger partial charge in [0, 0.05) is 11.1 Å². The summed E-state index contributed by atoms with van der Waals surface area (Å²) in [5.41, 5.74) is 0. The van der Waals surface area contributed by atoms with E-state index in [0.717, 1.165) is 0 Å². The first kappa shape index (κ1) is 13.6. The molecule has 1 atom stereocenters. The monoisotopic (exact) mass is 305 g/mol. The summed E-state index contributed by atoms with van der Waals surface area (Å²) in [5, 5.41) is 3.69. The predicted molar refractivity (Wildman–Crippen MR) is 74.9 cm³/mol. The van der Waals surface area contributed by atoms with E-state index < -0.39 is 9.84 Å². The van der Waals surface area contributed by atoms with Gasteiger partial charge in [0.25, 0.3) is 5.17 Å². The van der Waals surface area contributed by atoms with Crippen molar-refractivity contribution in [2.45, 2.75) is 12.5 Å². The predicted octanol–water partition coefficient (Wildman–Crippen LogP) is 1.78. The maximum atomic E-state index is 11.3. The third-order valence-electron chi connectivity index (χ3n) is 2.58. The first-order valence-corrected chi connectivity index (χ1v) is 8.00. The molecule has 1 heterocycles. The van der Waals surface area contributed by atoms with Crippen molar-refractivity contribution in [2.24, 2.45) is 0 Å². The lowest BCUT2D eigenvalue weighted by atomic mass is 10.3. The van der Waals surface area contributed by atoms with E-state index in [0.29, 0.717) is 17.2 Å². The van der Waals surface area contributed by atoms with E-state index in [-0.39, 0.29) is 22.7 Å². The zero-order valence-corrected chi connectivity index (χ0v) is 11.8. The summed E-state index contributed by atoms with van der Waals surface area (Å²) in [6.07, 6.45) is 0.562. The summed E-state index contributed by atoms with van der Waals surface area (Å²) >= 11 is 10.8. The molecule has 1 aliphatic heterocycles. The highest BCUT2D eigenvalue weighted by atomic mass is 35.5. The molecule has 98 valence electrons. The molecule has 0 spiro atoms. The fourth-order valence-electron chi connectivity index (χ4n) is 1.71. The van der Waals surface area contributed by atoms with Gasteiger partial charge in [-0.25, -0.2) is 8.42 Å². The average molecular weight is 306 g/mol. The molecule has 2 rings (SSSR count). The molecule has 1 N–H and O–H groups in total. The Morgan fingerprint density at radius 1 is 1.39 bits per heavy atom. The van der Waals surface area contributed by atoms with Gasteiger partial charge in [-0.2, -0.15) is 0 Å². The largest absolute Gasteiger partial charge is 0.432 e. The molecule has 18 heavy (non-hydrogen) atoms. The Hall–Kier alpha value is -0.850. The van der Waals surface area contributed by atoms with Crippen molar-refractivity contribution >= 4 is 38.8 Å². The number of nitrogens with one attached hydrogen (secondary N) is 1. The molecule has 0 aliphatic carbocycles. The van der Waals surface area contributed by atoms with E-state index in [9.17, 15) is 8.42 Å². The third-order valence-corrected chi connectivity index (χ3v) is 4.80. The zero-order chi connectivity index (χ0) is 13.2. The van der Waals surface area contributed by atoms with Gasteiger partial charge >= 0.3 is 0 Å². The van der Waals surface area contributed by atoms with Crippen LogP contribution < -0.4 is 10.1 Å². The first-order valence-electron chi connectivity index (χ1n) is 5.39. The molecule has 1 aliphatic rings. The number of rotatable bonds is 2. The molecular formula is C11H12ClNO3S2. The van der Waals surface area contributed by atoms with Crippen LogP contribution in [-0.4, -0.2) is 31.1 Å². The topological polar surface area (TPSA) is 55.4 Å². The van der Waals surface area contributed by atoms with Gasteiger partial charge in [-0.05, 0) is 42.9 Å². The molecular weight excluding hydrogens is 294 g/mol. The van der Waals surface area contributed by atoms with E-state index in [1.54, 1.807) is 24.3 Å². The molecule has 1 aromatic rings. The smallest absolute Gasteiger partial charge is 0.262 e. The minimum absolute atomic E-state index is 0.108. The fraction of sp³-hybridized carbons (Fsp3) is 0.364. The number of sulfone groups is 1. The minimum Gasteiger partial charge on any atom is -0.432 e. The lowest BCUT2D eigenvalue weighted by Gasteiger charge is -2.13. The minimum atomic E-state index is -2.91. The summed E-state index contributed by atoms with van der Waals surface area (Å²) in [5.74, 6) is 0.878. The SMILES string of the molecule is O=S1(=O)CCC(NC(=S)Oc2ccc(Cl)cc2)C1. The molecule has 4 nitrogen and oxygen atoms in total. The quantitative estimate of drug-likeness (QED) is 0.844. The van der Waals surface area contributed by atoms with Crippen LogP contribution in [0.3, 0.4) is 0 Å². The number of ether oxygens (including phenoxy) is 1. The van der Waals surface area contributed by atoms with Crippen molar-refractivity contribution in [3.05, 3.63) is 29.3 Å². The van der Waals surface area contributed by atoms with Gasteiger partial charge in [0.05, 0.1) is 11.5 Å². The molecule has 1 aromatic carbocycles. The number of hydrogen-bond donors (Lipinski definition) is 1. The number of benzene rings is 1. The summed E-state index contributed by atoms with van der Waals surface area (Å²) in [6.45, 7) is 0.